The fourth-order valence-corrected chi connectivity index (χ4v) is 3.85. The van der Waals surface area contributed by atoms with E-state index in [0.717, 1.165) is 11.1 Å². The van der Waals surface area contributed by atoms with Gasteiger partial charge in [0.1, 0.15) is 5.75 Å². The lowest BCUT2D eigenvalue weighted by Gasteiger charge is -2.12. The first-order valence-corrected chi connectivity index (χ1v) is 11.0. The average molecular weight is 445 g/mol. The Labute approximate surface area is 180 Å². The van der Waals surface area contributed by atoms with Gasteiger partial charge in [-0.3, -0.25) is 9.52 Å². The molecule has 0 spiro atoms. The van der Waals surface area contributed by atoms with E-state index >= 15 is 0 Å². The molecule has 3 rings (SSSR count). The predicted molar refractivity (Wildman–Crippen MR) is 119 cm³/mol. The predicted octanol–water partition coefficient (Wildman–Crippen LogP) is 4.78. The summed E-state index contributed by atoms with van der Waals surface area (Å²) in [5, 5.41) is 3.20. The third kappa shape index (κ3) is 5.52. The van der Waals surface area contributed by atoms with Gasteiger partial charge >= 0.3 is 0 Å². The highest BCUT2D eigenvalue weighted by atomic mass is 35.5. The van der Waals surface area contributed by atoms with Gasteiger partial charge in [0.2, 0.25) is 0 Å². The molecule has 3 aromatic carbocycles. The Bertz CT molecular complexity index is 1140. The molecule has 8 heteroatoms. The largest absolute Gasteiger partial charge is 0.483 e. The van der Waals surface area contributed by atoms with E-state index in [9.17, 15) is 13.2 Å². The summed E-state index contributed by atoms with van der Waals surface area (Å²) in [5.74, 6) is 0.311. The monoisotopic (exact) mass is 444 g/mol. The summed E-state index contributed by atoms with van der Waals surface area (Å²) in [6.07, 6.45) is 0. The molecule has 1 amide bonds. The maximum absolute atomic E-state index is 12.5. The Morgan fingerprint density at radius 2 is 1.57 bits per heavy atom. The normalized spacial score (nSPS) is 11.0. The zero-order valence-corrected chi connectivity index (χ0v) is 18.0. The van der Waals surface area contributed by atoms with Crippen LogP contribution in [0.5, 0.6) is 5.75 Å². The fraction of sp³-hybridized carbons (Fsp3) is 0.136. The molecule has 30 heavy (non-hydrogen) atoms. The first kappa shape index (κ1) is 21.7. The van der Waals surface area contributed by atoms with Crippen molar-refractivity contribution in [3.63, 3.8) is 0 Å². The van der Waals surface area contributed by atoms with Crippen LogP contribution in [0.25, 0.3) is 0 Å². The standard InChI is InChI=1S/C22H21ClN2O4S/c1-15-4-3-5-21(16(15)2)29-14-22(26)24-18-10-12-20(13-11-18)30(27,28)25-19-8-6-17(23)7-9-19/h3-13,25H,14H2,1-2H3,(H,24,26). The van der Waals surface area contributed by atoms with Crippen LogP contribution in [-0.2, 0) is 14.8 Å². The van der Waals surface area contributed by atoms with Crippen LogP contribution in [0.15, 0.2) is 71.6 Å². The third-order valence-electron chi connectivity index (χ3n) is 4.46. The van der Waals surface area contributed by atoms with Gasteiger partial charge in [-0.15, -0.1) is 0 Å². The van der Waals surface area contributed by atoms with Crippen molar-refractivity contribution in [3.05, 3.63) is 82.9 Å². The van der Waals surface area contributed by atoms with Crippen molar-refractivity contribution in [2.45, 2.75) is 18.7 Å². The van der Waals surface area contributed by atoms with Gasteiger partial charge in [-0.05, 0) is 79.6 Å². The number of rotatable bonds is 7. The minimum atomic E-state index is -3.76. The molecule has 0 unspecified atom stereocenters. The van der Waals surface area contributed by atoms with E-state index < -0.39 is 10.0 Å². The lowest BCUT2D eigenvalue weighted by atomic mass is 10.1. The summed E-state index contributed by atoms with van der Waals surface area (Å²) < 4.78 is 33.0. The van der Waals surface area contributed by atoms with E-state index in [1.54, 1.807) is 24.3 Å². The number of sulfonamides is 1. The van der Waals surface area contributed by atoms with E-state index in [-0.39, 0.29) is 17.4 Å². The topological polar surface area (TPSA) is 84.5 Å². The van der Waals surface area contributed by atoms with Crippen molar-refractivity contribution >= 4 is 38.9 Å². The van der Waals surface area contributed by atoms with Crippen molar-refractivity contribution in [1.29, 1.82) is 0 Å². The molecule has 0 aliphatic heterocycles. The molecule has 156 valence electrons. The van der Waals surface area contributed by atoms with Crippen LogP contribution in [0, 0.1) is 13.8 Å². The summed E-state index contributed by atoms with van der Waals surface area (Å²) in [6.45, 7) is 3.75. The number of halogens is 1. The molecular weight excluding hydrogens is 424 g/mol. The highest BCUT2D eigenvalue weighted by Crippen LogP contribution is 2.21. The second-order valence-corrected chi connectivity index (χ2v) is 8.79. The zero-order valence-electron chi connectivity index (χ0n) is 16.5. The smallest absolute Gasteiger partial charge is 0.262 e. The zero-order chi connectivity index (χ0) is 21.7. The quantitative estimate of drug-likeness (QED) is 0.549. The number of anilines is 2. The molecule has 0 aliphatic rings. The number of benzene rings is 3. The fourth-order valence-electron chi connectivity index (χ4n) is 2.67. The third-order valence-corrected chi connectivity index (χ3v) is 6.11. The molecule has 0 aliphatic carbocycles. The number of amides is 1. The molecule has 0 saturated heterocycles. The Morgan fingerprint density at radius 1 is 0.933 bits per heavy atom. The van der Waals surface area contributed by atoms with Gasteiger partial charge in [-0.2, -0.15) is 0 Å². The molecule has 0 bridgehead atoms. The van der Waals surface area contributed by atoms with Gasteiger partial charge in [-0.25, -0.2) is 8.42 Å². The van der Waals surface area contributed by atoms with Crippen molar-refractivity contribution in [3.8, 4) is 5.75 Å². The van der Waals surface area contributed by atoms with Gasteiger partial charge in [0.25, 0.3) is 15.9 Å². The second kappa shape index (κ2) is 9.19. The Morgan fingerprint density at radius 3 is 2.23 bits per heavy atom. The molecule has 0 saturated carbocycles. The summed E-state index contributed by atoms with van der Waals surface area (Å²) in [5.41, 5.74) is 2.93. The van der Waals surface area contributed by atoms with Crippen molar-refractivity contribution < 1.29 is 17.9 Å². The van der Waals surface area contributed by atoms with Crippen molar-refractivity contribution in [2.75, 3.05) is 16.6 Å². The SMILES string of the molecule is Cc1cccc(OCC(=O)Nc2ccc(S(=O)(=O)Nc3ccc(Cl)cc3)cc2)c1C. The van der Waals surface area contributed by atoms with Crippen molar-refractivity contribution in [1.82, 2.24) is 0 Å². The number of hydrogen-bond acceptors (Lipinski definition) is 4. The molecule has 0 aromatic heterocycles. The van der Waals surface area contributed by atoms with E-state index in [0.29, 0.717) is 22.1 Å². The maximum Gasteiger partial charge on any atom is 0.262 e. The van der Waals surface area contributed by atoms with Crippen LogP contribution in [0.3, 0.4) is 0 Å². The molecule has 3 aromatic rings. The minimum absolute atomic E-state index is 0.0714. The van der Waals surface area contributed by atoms with Crippen LogP contribution in [-0.4, -0.2) is 20.9 Å². The second-order valence-electron chi connectivity index (χ2n) is 6.67. The Hall–Kier alpha value is -3.03. The molecule has 6 nitrogen and oxygen atoms in total. The molecule has 0 fully saturated rings. The number of ether oxygens (including phenoxy) is 1. The van der Waals surface area contributed by atoms with Gasteiger partial charge in [0.15, 0.2) is 6.61 Å². The molecule has 0 radical (unpaired) electrons. The number of aryl methyl sites for hydroxylation is 1. The summed E-state index contributed by atoms with van der Waals surface area (Å²) in [4.78, 5) is 12.2. The minimum Gasteiger partial charge on any atom is -0.483 e. The van der Waals surface area contributed by atoms with E-state index in [4.69, 9.17) is 16.3 Å². The molecule has 0 atom stereocenters. The Kier molecular flexibility index (Phi) is 6.64. The van der Waals surface area contributed by atoms with Gasteiger partial charge in [0, 0.05) is 16.4 Å². The van der Waals surface area contributed by atoms with Gasteiger partial charge in [-0.1, -0.05) is 23.7 Å². The van der Waals surface area contributed by atoms with E-state index in [1.165, 1.54) is 24.3 Å². The lowest BCUT2D eigenvalue weighted by molar-refractivity contribution is -0.118. The Balaban J connectivity index is 1.60. The highest BCUT2D eigenvalue weighted by molar-refractivity contribution is 7.92. The lowest BCUT2D eigenvalue weighted by Crippen LogP contribution is -2.20. The number of hydrogen-bond donors (Lipinski definition) is 2. The van der Waals surface area contributed by atoms with Crippen LogP contribution in [0.4, 0.5) is 11.4 Å². The highest BCUT2D eigenvalue weighted by Gasteiger charge is 2.14. The van der Waals surface area contributed by atoms with E-state index in [2.05, 4.69) is 10.0 Å². The first-order valence-electron chi connectivity index (χ1n) is 9.12. The van der Waals surface area contributed by atoms with Gasteiger partial charge < -0.3 is 10.1 Å². The summed E-state index contributed by atoms with van der Waals surface area (Å²) in [7, 11) is -3.76. The first-order chi connectivity index (χ1) is 14.2. The number of carbonyl (C=O) groups excluding carboxylic acids is 1. The van der Waals surface area contributed by atoms with Crippen molar-refractivity contribution in [2.24, 2.45) is 0 Å². The molecular formula is C22H21ClN2O4S. The summed E-state index contributed by atoms with van der Waals surface area (Å²) >= 11 is 5.81. The molecule has 0 heterocycles. The number of nitrogens with one attached hydrogen (secondary N) is 2. The maximum atomic E-state index is 12.5. The van der Waals surface area contributed by atoms with Crippen LogP contribution >= 0.6 is 11.6 Å². The van der Waals surface area contributed by atoms with E-state index in [1.807, 2.05) is 32.0 Å². The van der Waals surface area contributed by atoms with Gasteiger partial charge in [0.05, 0.1) is 4.90 Å². The average Bonchev–Trinajstić information content (AvgIpc) is 2.71. The van der Waals surface area contributed by atoms with Crippen LogP contribution < -0.4 is 14.8 Å². The number of carbonyl (C=O) groups is 1. The van der Waals surface area contributed by atoms with Crippen LogP contribution in [0.2, 0.25) is 5.02 Å². The summed E-state index contributed by atoms with van der Waals surface area (Å²) in [6, 6.07) is 17.9. The molecule has 2 N–H and O–H groups in total. The van der Waals surface area contributed by atoms with Crippen LogP contribution in [0.1, 0.15) is 11.1 Å².